The van der Waals surface area contributed by atoms with E-state index in [0.717, 1.165) is 31.4 Å². The van der Waals surface area contributed by atoms with Crippen LogP contribution in [0.25, 0.3) is 0 Å². The first-order valence-corrected chi connectivity index (χ1v) is 10.9. The van der Waals surface area contributed by atoms with Crippen LogP contribution in [0, 0.1) is 23.2 Å². The van der Waals surface area contributed by atoms with E-state index in [1.54, 1.807) is 24.5 Å². The molecule has 0 aromatic carbocycles. The molecule has 5 rings (SSSR count). The lowest BCUT2D eigenvalue weighted by molar-refractivity contribution is -0.177. The lowest BCUT2D eigenvalue weighted by atomic mass is 9.54. The number of allylic oxidation sites excluding steroid dienone is 5. The molecule has 0 saturated heterocycles. The molecule has 2 saturated carbocycles. The monoisotopic (exact) mass is 384 g/mol. The molecule has 2 fully saturated rings. The van der Waals surface area contributed by atoms with E-state index >= 15 is 0 Å². The van der Waals surface area contributed by atoms with Crippen molar-refractivity contribution in [2.24, 2.45) is 23.2 Å². The van der Waals surface area contributed by atoms with Gasteiger partial charge in [-0.15, -0.1) is 0 Å². The van der Waals surface area contributed by atoms with E-state index < -0.39 is 6.10 Å². The third-order valence-electron chi connectivity index (χ3n) is 8.20. The van der Waals surface area contributed by atoms with E-state index in [-0.39, 0.29) is 17.8 Å². The Bertz CT molecular complexity index is 748. The second-order valence-corrected chi connectivity index (χ2v) is 9.42. The van der Waals surface area contributed by atoms with E-state index in [4.69, 9.17) is 14.2 Å². The molecule has 1 N–H and O–H groups in total. The van der Waals surface area contributed by atoms with Gasteiger partial charge in [-0.2, -0.15) is 0 Å². The summed E-state index contributed by atoms with van der Waals surface area (Å²) in [5.74, 6) is 3.01. The fourth-order valence-corrected chi connectivity index (χ4v) is 6.85. The summed E-state index contributed by atoms with van der Waals surface area (Å²) in [6.07, 6.45) is 16.4. The van der Waals surface area contributed by atoms with E-state index in [0.29, 0.717) is 17.8 Å². The standard InChI is InChI=1S/C24H32O4/c1-24-11-10-18-17-9-7-16(26-2)13-15(17)6-8-19(18)20(24)14-21(25)23(24)28-22-5-3-4-12-27-22/h3-5,7,12,18-23,25H,6,8-11,13-14H2,1-2H3/t18-,19-,20+,21+,22?,23+,24+/m1/s1. The van der Waals surface area contributed by atoms with Crippen molar-refractivity contribution in [3.63, 3.8) is 0 Å². The van der Waals surface area contributed by atoms with Gasteiger partial charge in [-0.3, -0.25) is 0 Å². The molecule has 0 bridgehead atoms. The first-order valence-electron chi connectivity index (χ1n) is 10.9. The van der Waals surface area contributed by atoms with E-state index in [9.17, 15) is 5.11 Å². The molecule has 0 radical (unpaired) electrons. The minimum Gasteiger partial charge on any atom is -0.501 e. The zero-order valence-corrected chi connectivity index (χ0v) is 17.0. The number of fused-ring (bicyclic) bond motifs is 4. The Labute approximate surface area is 167 Å². The molecule has 1 heterocycles. The van der Waals surface area contributed by atoms with E-state index in [1.165, 1.54) is 19.3 Å². The number of methoxy groups -OCH3 is 1. The van der Waals surface area contributed by atoms with Gasteiger partial charge >= 0.3 is 0 Å². The normalized spacial score (nSPS) is 44.3. The smallest absolute Gasteiger partial charge is 0.219 e. The second-order valence-electron chi connectivity index (χ2n) is 9.42. The van der Waals surface area contributed by atoms with Crippen LogP contribution in [0.3, 0.4) is 0 Å². The van der Waals surface area contributed by atoms with Gasteiger partial charge in [0.2, 0.25) is 6.29 Å². The minimum atomic E-state index is -0.404. The Hall–Kier alpha value is -1.52. The largest absolute Gasteiger partial charge is 0.501 e. The SMILES string of the molecule is COC1=CCC2=C(CC[C@@H]3[C@@H]2CC[C@@]2(C)[C@H]3C[C@H](O)[C@@H]2OC2C=CC=CO2)C1. The Morgan fingerprint density at radius 3 is 2.93 bits per heavy atom. The maximum atomic E-state index is 10.9. The molecular formula is C24H32O4. The van der Waals surface area contributed by atoms with Crippen molar-refractivity contribution < 1.29 is 19.3 Å². The highest BCUT2D eigenvalue weighted by Crippen LogP contribution is 2.61. The van der Waals surface area contributed by atoms with Gasteiger partial charge in [0.25, 0.3) is 0 Å². The number of aliphatic hydroxyl groups is 1. The summed E-state index contributed by atoms with van der Waals surface area (Å²) in [7, 11) is 1.79. The summed E-state index contributed by atoms with van der Waals surface area (Å²) in [5.41, 5.74) is 3.34. The van der Waals surface area contributed by atoms with Gasteiger partial charge in [-0.1, -0.05) is 24.1 Å². The Balaban J connectivity index is 1.36. The summed E-state index contributed by atoms with van der Waals surface area (Å²) >= 11 is 0. The fraction of sp³-hybridized carbons (Fsp3) is 0.667. The molecule has 5 aliphatic rings. The third kappa shape index (κ3) is 2.88. The average Bonchev–Trinajstić information content (AvgIpc) is 2.98. The summed E-state index contributed by atoms with van der Waals surface area (Å²) in [5, 5.41) is 10.9. The molecular weight excluding hydrogens is 352 g/mol. The molecule has 1 aliphatic heterocycles. The number of aliphatic hydroxyl groups excluding tert-OH is 1. The maximum absolute atomic E-state index is 10.9. The molecule has 1 unspecified atom stereocenters. The minimum absolute atomic E-state index is 0.0270. The summed E-state index contributed by atoms with van der Waals surface area (Å²) < 4.78 is 17.4. The van der Waals surface area contributed by atoms with Crippen LogP contribution in [0.2, 0.25) is 0 Å². The molecule has 4 aliphatic carbocycles. The predicted molar refractivity (Wildman–Crippen MR) is 107 cm³/mol. The van der Waals surface area contributed by atoms with E-state index in [2.05, 4.69) is 13.0 Å². The Morgan fingerprint density at radius 1 is 1.25 bits per heavy atom. The second kappa shape index (κ2) is 7.07. The third-order valence-corrected chi connectivity index (χ3v) is 8.20. The number of hydrogen-bond donors (Lipinski definition) is 1. The van der Waals surface area contributed by atoms with Gasteiger partial charge in [-0.05, 0) is 79.9 Å². The molecule has 28 heavy (non-hydrogen) atoms. The van der Waals surface area contributed by atoms with Gasteiger partial charge in [0, 0.05) is 6.42 Å². The average molecular weight is 385 g/mol. The Morgan fingerprint density at radius 2 is 2.14 bits per heavy atom. The lowest BCUT2D eigenvalue weighted by Crippen LogP contribution is -2.47. The van der Waals surface area contributed by atoms with Gasteiger partial charge in [0.1, 0.15) is 0 Å². The van der Waals surface area contributed by atoms with Crippen LogP contribution < -0.4 is 0 Å². The Kier molecular flexibility index (Phi) is 4.67. The summed E-state index contributed by atoms with van der Waals surface area (Å²) in [6.45, 7) is 2.35. The van der Waals surface area contributed by atoms with Gasteiger partial charge in [-0.25, -0.2) is 0 Å². The van der Waals surface area contributed by atoms with Crippen molar-refractivity contribution in [2.45, 2.75) is 70.4 Å². The lowest BCUT2D eigenvalue weighted by Gasteiger charge is -2.51. The molecule has 7 atom stereocenters. The van der Waals surface area contributed by atoms with Crippen LogP contribution in [-0.4, -0.2) is 30.7 Å². The van der Waals surface area contributed by atoms with Crippen LogP contribution in [0.15, 0.2) is 47.5 Å². The molecule has 4 heteroatoms. The highest BCUT2D eigenvalue weighted by molar-refractivity contribution is 5.32. The highest BCUT2D eigenvalue weighted by atomic mass is 16.7. The van der Waals surface area contributed by atoms with Gasteiger partial charge < -0.3 is 19.3 Å². The van der Waals surface area contributed by atoms with Gasteiger partial charge in [0.05, 0.1) is 31.3 Å². The first-order chi connectivity index (χ1) is 13.6. The quantitative estimate of drug-likeness (QED) is 0.721. The van der Waals surface area contributed by atoms with Crippen LogP contribution >= 0.6 is 0 Å². The molecule has 0 spiro atoms. The van der Waals surface area contributed by atoms with Crippen molar-refractivity contribution in [3.05, 3.63) is 47.5 Å². The van der Waals surface area contributed by atoms with Crippen molar-refractivity contribution in [2.75, 3.05) is 7.11 Å². The maximum Gasteiger partial charge on any atom is 0.219 e. The molecule has 152 valence electrons. The highest BCUT2D eigenvalue weighted by Gasteiger charge is 2.59. The zero-order chi connectivity index (χ0) is 19.3. The van der Waals surface area contributed by atoms with Crippen molar-refractivity contribution in [1.82, 2.24) is 0 Å². The molecule has 4 nitrogen and oxygen atoms in total. The van der Waals surface area contributed by atoms with E-state index in [1.807, 2.05) is 18.2 Å². The number of rotatable bonds is 3. The zero-order valence-electron chi connectivity index (χ0n) is 17.0. The fourth-order valence-electron chi connectivity index (χ4n) is 6.85. The van der Waals surface area contributed by atoms with Crippen molar-refractivity contribution in [3.8, 4) is 0 Å². The van der Waals surface area contributed by atoms with Crippen molar-refractivity contribution >= 4 is 0 Å². The number of hydrogen-bond acceptors (Lipinski definition) is 4. The molecule has 0 aromatic heterocycles. The molecule has 0 amide bonds. The van der Waals surface area contributed by atoms with Crippen LogP contribution in [0.1, 0.15) is 51.9 Å². The van der Waals surface area contributed by atoms with Crippen LogP contribution in [0.5, 0.6) is 0 Å². The van der Waals surface area contributed by atoms with Crippen LogP contribution in [0.4, 0.5) is 0 Å². The number of ether oxygens (including phenoxy) is 3. The predicted octanol–water partition coefficient (Wildman–Crippen LogP) is 4.63. The summed E-state index contributed by atoms with van der Waals surface area (Å²) in [4.78, 5) is 0. The van der Waals surface area contributed by atoms with Crippen molar-refractivity contribution in [1.29, 1.82) is 0 Å². The first kappa shape index (κ1) is 18.5. The summed E-state index contributed by atoms with van der Waals surface area (Å²) in [6, 6.07) is 0. The van der Waals surface area contributed by atoms with Gasteiger partial charge in [0.15, 0.2) is 0 Å². The molecule has 0 aromatic rings. The van der Waals surface area contributed by atoms with Crippen LogP contribution in [-0.2, 0) is 14.2 Å². The topological polar surface area (TPSA) is 47.9 Å².